The van der Waals surface area contributed by atoms with Crippen LogP contribution < -0.4 is 5.32 Å². The maximum absolute atomic E-state index is 13.2. The zero-order valence-electron chi connectivity index (χ0n) is 18.6. The number of hydrogen-bond donors (Lipinski definition) is 2. The number of carboxylic acids is 1. The Kier molecular flexibility index (Phi) is 6.33. The van der Waals surface area contributed by atoms with Crippen molar-refractivity contribution in [1.82, 2.24) is 5.32 Å². The Morgan fingerprint density at radius 1 is 0.914 bits per heavy atom. The van der Waals surface area contributed by atoms with E-state index in [1.807, 2.05) is 48.5 Å². The molecule has 0 spiro atoms. The van der Waals surface area contributed by atoms with E-state index in [4.69, 9.17) is 4.74 Å². The van der Waals surface area contributed by atoms with Crippen LogP contribution in [-0.4, -0.2) is 29.8 Å². The van der Waals surface area contributed by atoms with Gasteiger partial charge in [0.25, 0.3) is 0 Å². The third-order valence-corrected chi connectivity index (χ3v) is 7.29. The number of aliphatic carboxylic acids is 1. The molecule has 4 aromatic rings. The van der Waals surface area contributed by atoms with Gasteiger partial charge in [-0.15, -0.1) is 11.3 Å². The Morgan fingerprint density at radius 2 is 1.54 bits per heavy atom. The van der Waals surface area contributed by atoms with Crippen LogP contribution in [0.4, 0.5) is 9.18 Å². The van der Waals surface area contributed by atoms with E-state index in [1.54, 1.807) is 12.1 Å². The van der Waals surface area contributed by atoms with Gasteiger partial charge in [0, 0.05) is 22.1 Å². The normalized spacial score (nSPS) is 13.1. The summed E-state index contributed by atoms with van der Waals surface area (Å²) in [5.74, 6) is -1.56. The molecular formula is C28H22FNO4S. The molecule has 2 N–H and O–H groups in total. The van der Waals surface area contributed by atoms with Crippen LogP contribution in [0.2, 0.25) is 0 Å². The monoisotopic (exact) mass is 487 g/mol. The molecule has 0 radical (unpaired) electrons. The molecule has 0 aliphatic heterocycles. The molecule has 1 aliphatic carbocycles. The third-order valence-electron chi connectivity index (χ3n) is 6.13. The predicted molar refractivity (Wildman–Crippen MR) is 133 cm³/mol. The topological polar surface area (TPSA) is 75.6 Å². The van der Waals surface area contributed by atoms with Crippen LogP contribution >= 0.6 is 11.3 Å². The molecule has 1 aliphatic rings. The fraction of sp³-hybridized carbons (Fsp3) is 0.143. The maximum atomic E-state index is 13.2. The number of alkyl carbamates (subject to hydrolysis) is 1. The molecular weight excluding hydrogens is 465 g/mol. The van der Waals surface area contributed by atoms with Crippen LogP contribution in [0.5, 0.6) is 0 Å². The lowest BCUT2D eigenvalue weighted by molar-refractivity contribution is -0.139. The van der Waals surface area contributed by atoms with Gasteiger partial charge in [0.1, 0.15) is 18.5 Å². The van der Waals surface area contributed by atoms with Crippen LogP contribution in [0.15, 0.2) is 84.9 Å². The number of benzene rings is 3. The summed E-state index contributed by atoms with van der Waals surface area (Å²) in [5, 5.41) is 12.2. The minimum Gasteiger partial charge on any atom is -0.480 e. The van der Waals surface area contributed by atoms with E-state index in [-0.39, 0.29) is 24.8 Å². The van der Waals surface area contributed by atoms with Gasteiger partial charge in [-0.25, -0.2) is 14.0 Å². The quantitative estimate of drug-likeness (QED) is 0.331. The van der Waals surface area contributed by atoms with Gasteiger partial charge >= 0.3 is 12.1 Å². The molecule has 0 saturated carbocycles. The summed E-state index contributed by atoms with van der Waals surface area (Å²) in [5.41, 5.74) is 5.26. The smallest absolute Gasteiger partial charge is 0.407 e. The molecule has 176 valence electrons. The van der Waals surface area contributed by atoms with Crippen molar-refractivity contribution < 1.29 is 23.8 Å². The minimum atomic E-state index is -1.14. The van der Waals surface area contributed by atoms with Crippen molar-refractivity contribution in [3.05, 3.63) is 107 Å². The number of amides is 1. The number of thiophene rings is 1. The largest absolute Gasteiger partial charge is 0.480 e. The highest BCUT2D eigenvalue weighted by Gasteiger charge is 2.30. The van der Waals surface area contributed by atoms with Crippen LogP contribution in [0.25, 0.3) is 21.6 Å². The average Bonchev–Trinajstić information content (AvgIpc) is 3.45. The number of nitrogens with one attached hydrogen (secondary N) is 1. The van der Waals surface area contributed by atoms with Crippen molar-refractivity contribution in [3.63, 3.8) is 0 Å². The Bertz CT molecular complexity index is 1340. The first-order valence-corrected chi connectivity index (χ1v) is 12.0. The van der Waals surface area contributed by atoms with Crippen molar-refractivity contribution >= 4 is 23.4 Å². The van der Waals surface area contributed by atoms with Gasteiger partial charge in [0.2, 0.25) is 0 Å². The van der Waals surface area contributed by atoms with Crippen LogP contribution in [0.1, 0.15) is 21.9 Å². The number of halogens is 1. The highest BCUT2D eigenvalue weighted by molar-refractivity contribution is 7.15. The molecule has 5 nitrogen and oxygen atoms in total. The molecule has 0 saturated heterocycles. The van der Waals surface area contributed by atoms with Crippen molar-refractivity contribution in [2.75, 3.05) is 6.61 Å². The third kappa shape index (κ3) is 4.81. The fourth-order valence-corrected chi connectivity index (χ4v) is 5.50. The summed E-state index contributed by atoms with van der Waals surface area (Å²) in [6, 6.07) is 24.7. The summed E-state index contributed by atoms with van der Waals surface area (Å²) in [4.78, 5) is 26.1. The van der Waals surface area contributed by atoms with E-state index >= 15 is 0 Å². The zero-order valence-corrected chi connectivity index (χ0v) is 19.4. The maximum Gasteiger partial charge on any atom is 0.407 e. The van der Waals surface area contributed by atoms with Gasteiger partial charge in [0.15, 0.2) is 0 Å². The molecule has 3 aromatic carbocycles. The number of carboxylic acid groups (broad SMARTS) is 1. The van der Waals surface area contributed by atoms with Gasteiger partial charge in [-0.3, -0.25) is 0 Å². The molecule has 1 atom stereocenters. The SMILES string of the molecule is O=C(NC(Cc1ccc(-c2ccc(F)cc2)s1)C(=O)O)OCC1c2ccccc2-c2ccccc21. The van der Waals surface area contributed by atoms with Crippen LogP contribution in [0, 0.1) is 5.82 Å². The van der Waals surface area contributed by atoms with Crippen molar-refractivity contribution in [2.24, 2.45) is 0 Å². The van der Waals surface area contributed by atoms with E-state index < -0.39 is 18.1 Å². The lowest BCUT2D eigenvalue weighted by Crippen LogP contribution is -2.42. The Labute approximate surface area is 205 Å². The minimum absolute atomic E-state index is 0.105. The Morgan fingerprint density at radius 3 is 2.17 bits per heavy atom. The van der Waals surface area contributed by atoms with Gasteiger partial charge in [-0.1, -0.05) is 60.7 Å². The molecule has 0 bridgehead atoms. The van der Waals surface area contributed by atoms with E-state index in [9.17, 15) is 19.1 Å². The standard InChI is InChI=1S/C28H22FNO4S/c29-18-11-9-17(10-12-18)26-14-13-19(35-26)15-25(27(31)32)30-28(33)34-16-24-22-7-3-1-5-20(22)21-6-2-4-8-23(21)24/h1-14,24-25H,15-16H2,(H,30,33)(H,31,32). The van der Waals surface area contributed by atoms with E-state index in [0.717, 1.165) is 37.6 Å². The first kappa shape index (κ1) is 22.8. The van der Waals surface area contributed by atoms with Crippen molar-refractivity contribution in [1.29, 1.82) is 0 Å². The number of ether oxygens (including phenoxy) is 1. The summed E-state index contributed by atoms with van der Waals surface area (Å²) in [6.07, 6.45) is -0.652. The molecule has 1 amide bonds. The molecule has 35 heavy (non-hydrogen) atoms. The molecule has 1 aromatic heterocycles. The first-order valence-electron chi connectivity index (χ1n) is 11.2. The van der Waals surface area contributed by atoms with Gasteiger partial charge in [-0.2, -0.15) is 0 Å². The molecule has 0 fully saturated rings. The summed E-state index contributed by atoms with van der Waals surface area (Å²) in [6.45, 7) is 0.111. The van der Waals surface area contributed by atoms with E-state index in [1.165, 1.54) is 23.5 Å². The highest BCUT2D eigenvalue weighted by Crippen LogP contribution is 2.44. The van der Waals surface area contributed by atoms with Crippen molar-refractivity contribution in [3.8, 4) is 21.6 Å². The number of fused-ring (bicyclic) bond motifs is 3. The molecule has 1 heterocycles. The second-order valence-corrected chi connectivity index (χ2v) is 9.51. The van der Waals surface area contributed by atoms with Gasteiger partial charge in [0.05, 0.1) is 0 Å². The Hall–Kier alpha value is -3.97. The number of rotatable bonds is 7. The first-order chi connectivity index (χ1) is 17.0. The summed E-state index contributed by atoms with van der Waals surface area (Å²) >= 11 is 1.41. The highest BCUT2D eigenvalue weighted by atomic mass is 32.1. The predicted octanol–water partition coefficient (Wildman–Crippen LogP) is 6.09. The fourth-order valence-electron chi connectivity index (χ4n) is 4.44. The van der Waals surface area contributed by atoms with Crippen LogP contribution in [0.3, 0.4) is 0 Å². The number of carbonyl (C=O) groups excluding carboxylic acids is 1. The van der Waals surface area contributed by atoms with Gasteiger partial charge in [-0.05, 0) is 52.1 Å². The van der Waals surface area contributed by atoms with Gasteiger partial charge < -0.3 is 15.2 Å². The summed E-state index contributed by atoms with van der Waals surface area (Å²) < 4.78 is 18.7. The molecule has 5 rings (SSSR count). The molecule has 1 unspecified atom stereocenters. The number of hydrogen-bond acceptors (Lipinski definition) is 4. The second kappa shape index (κ2) is 9.72. The van der Waals surface area contributed by atoms with Crippen molar-refractivity contribution in [2.45, 2.75) is 18.4 Å². The number of carbonyl (C=O) groups is 2. The average molecular weight is 488 g/mol. The molecule has 7 heteroatoms. The zero-order chi connectivity index (χ0) is 24.4. The van der Waals surface area contributed by atoms with Crippen LogP contribution in [-0.2, 0) is 16.0 Å². The Balaban J connectivity index is 1.23. The summed E-state index contributed by atoms with van der Waals surface area (Å²) in [7, 11) is 0. The van der Waals surface area contributed by atoms with E-state index in [0.29, 0.717) is 0 Å². The second-order valence-electron chi connectivity index (χ2n) is 8.34. The van der Waals surface area contributed by atoms with E-state index in [2.05, 4.69) is 17.4 Å². The lowest BCUT2D eigenvalue weighted by Gasteiger charge is -2.17. The lowest BCUT2D eigenvalue weighted by atomic mass is 9.98.